The Morgan fingerprint density at radius 3 is 2.46 bits per heavy atom. The van der Waals surface area contributed by atoms with E-state index < -0.39 is 5.97 Å². The molecule has 76 valence electrons. The molecule has 0 saturated carbocycles. The van der Waals surface area contributed by atoms with E-state index in [0.717, 1.165) is 6.42 Å². The molecule has 0 heterocycles. The zero-order chi connectivity index (χ0) is 10.1. The van der Waals surface area contributed by atoms with E-state index in [1.807, 2.05) is 0 Å². The van der Waals surface area contributed by atoms with Gasteiger partial charge in [0.25, 0.3) is 0 Å². The van der Waals surface area contributed by atoms with Crippen LogP contribution >= 0.6 is 0 Å². The van der Waals surface area contributed by atoms with Crippen molar-refractivity contribution in [2.45, 2.75) is 25.7 Å². The van der Waals surface area contributed by atoms with Crippen molar-refractivity contribution in [3.05, 3.63) is 0 Å². The van der Waals surface area contributed by atoms with Crippen LogP contribution in [0.2, 0.25) is 0 Å². The van der Waals surface area contributed by atoms with Crippen molar-refractivity contribution in [1.29, 1.82) is 0 Å². The van der Waals surface area contributed by atoms with Gasteiger partial charge in [-0.2, -0.15) is 0 Å². The van der Waals surface area contributed by atoms with Crippen LogP contribution in [-0.4, -0.2) is 30.1 Å². The number of hydrogen-bond donors (Lipinski definition) is 3. The van der Waals surface area contributed by atoms with Gasteiger partial charge in [-0.15, -0.1) is 0 Å². The van der Waals surface area contributed by atoms with Crippen molar-refractivity contribution >= 4 is 11.9 Å². The number of nitrogens with two attached hydrogens (primary N) is 1. The van der Waals surface area contributed by atoms with Crippen LogP contribution < -0.4 is 11.1 Å². The Bertz CT molecular complexity index is 171. The molecule has 0 unspecified atom stereocenters. The van der Waals surface area contributed by atoms with Gasteiger partial charge < -0.3 is 16.2 Å². The maximum atomic E-state index is 11.0. The molecule has 0 rings (SSSR count). The molecule has 0 saturated heterocycles. The first kappa shape index (κ1) is 11.9. The lowest BCUT2D eigenvalue weighted by Crippen LogP contribution is -2.25. The SMILES string of the molecule is NCCCNC(=O)CCCC(=O)O. The van der Waals surface area contributed by atoms with Crippen molar-refractivity contribution < 1.29 is 14.7 Å². The van der Waals surface area contributed by atoms with Crippen molar-refractivity contribution in [3.8, 4) is 0 Å². The van der Waals surface area contributed by atoms with Crippen LogP contribution in [0.3, 0.4) is 0 Å². The van der Waals surface area contributed by atoms with E-state index in [9.17, 15) is 9.59 Å². The van der Waals surface area contributed by atoms with Gasteiger partial charge in [-0.25, -0.2) is 0 Å². The standard InChI is InChI=1S/C8H16N2O3/c9-5-2-6-10-7(11)3-1-4-8(12)13/h1-6,9H2,(H,10,11)(H,12,13). The summed E-state index contributed by atoms with van der Waals surface area (Å²) in [5.41, 5.74) is 5.23. The average Bonchev–Trinajstić information content (AvgIpc) is 2.04. The van der Waals surface area contributed by atoms with Crippen molar-refractivity contribution in [2.24, 2.45) is 5.73 Å². The summed E-state index contributed by atoms with van der Waals surface area (Å²) in [7, 11) is 0. The summed E-state index contributed by atoms with van der Waals surface area (Å²) >= 11 is 0. The molecular formula is C8H16N2O3. The third-order valence-electron chi connectivity index (χ3n) is 1.50. The highest BCUT2D eigenvalue weighted by atomic mass is 16.4. The lowest BCUT2D eigenvalue weighted by molar-refractivity contribution is -0.137. The van der Waals surface area contributed by atoms with Crippen molar-refractivity contribution in [2.75, 3.05) is 13.1 Å². The molecule has 0 aliphatic rings. The molecule has 0 spiro atoms. The zero-order valence-corrected chi connectivity index (χ0v) is 7.58. The number of carbonyl (C=O) groups is 2. The predicted molar refractivity (Wildman–Crippen MR) is 48.2 cm³/mol. The van der Waals surface area contributed by atoms with Crippen LogP contribution in [0.4, 0.5) is 0 Å². The second kappa shape index (κ2) is 7.54. The third-order valence-corrected chi connectivity index (χ3v) is 1.50. The molecule has 0 bridgehead atoms. The summed E-state index contributed by atoms with van der Waals surface area (Å²) in [4.78, 5) is 21.0. The number of amides is 1. The first-order valence-corrected chi connectivity index (χ1v) is 4.35. The first-order valence-electron chi connectivity index (χ1n) is 4.35. The van der Waals surface area contributed by atoms with Gasteiger partial charge in [-0.1, -0.05) is 0 Å². The molecule has 0 atom stereocenters. The Hall–Kier alpha value is -1.10. The highest BCUT2D eigenvalue weighted by molar-refractivity contribution is 5.76. The monoisotopic (exact) mass is 188 g/mol. The van der Waals surface area contributed by atoms with E-state index in [2.05, 4.69) is 5.32 Å². The second-order valence-electron chi connectivity index (χ2n) is 2.74. The summed E-state index contributed by atoms with van der Waals surface area (Å²) in [6.45, 7) is 1.12. The van der Waals surface area contributed by atoms with E-state index in [-0.39, 0.29) is 18.7 Å². The van der Waals surface area contributed by atoms with Gasteiger partial charge in [0.15, 0.2) is 0 Å². The number of hydrogen-bond acceptors (Lipinski definition) is 3. The fourth-order valence-electron chi connectivity index (χ4n) is 0.818. The van der Waals surface area contributed by atoms with Crippen LogP contribution in [-0.2, 0) is 9.59 Å². The molecule has 4 N–H and O–H groups in total. The summed E-state index contributed by atoms with van der Waals surface area (Å²) in [6, 6.07) is 0. The summed E-state index contributed by atoms with van der Waals surface area (Å²) in [6.07, 6.45) is 1.47. The van der Waals surface area contributed by atoms with Gasteiger partial charge in [0, 0.05) is 19.4 Å². The van der Waals surface area contributed by atoms with Gasteiger partial charge in [-0.05, 0) is 19.4 Å². The maximum absolute atomic E-state index is 11.0. The Morgan fingerprint density at radius 1 is 1.23 bits per heavy atom. The highest BCUT2D eigenvalue weighted by Gasteiger charge is 2.02. The molecule has 0 aromatic carbocycles. The molecule has 0 aliphatic carbocycles. The molecule has 1 amide bonds. The fourth-order valence-corrected chi connectivity index (χ4v) is 0.818. The molecular weight excluding hydrogens is 172 g/mol. The van der Waals surface area contributed by atoms with Gasteiger partial charge in [0.2, 0.25) is 5.91 Å². The number of carboxylic acids is 1. The fraction of sp³-hybridized carbons (Fsp3) is 0.750. The van der Waals surface area contributed by atoms with Gasteiger partial charge in [0.05, 0.1) is 0 Å². The van der Waals surface area contributed by atoms with Crippen LogP contribution in [0.25, 0.3) is 0 Å². The summed E-state index contributed by atoms with van der Waals surface area (Å²) in [5.74, 6) is -0.968. The first-order chi connectivity index (χ1) is 6.16. The number of carboxylic acid groups (broad SMARTS) is 1. The average molecular weight is 188 g/mol. The molecule has 0 radical (unpaired) electrons. The second-order valence-corrected chi connectivity index (χ2v) is 2.74. The summed E-state index contributed by atoms with van der Waals surface area (Å²) < 4.78 is 0. The van der Waals surface area contributed by atoms with Crippen molar-refractivity contribution in [1.82, 2.24) is 5.32 Å². The van der Waals surface area contributed by atoms with Crippen LogP contribution in [0.15, 0.2) is 0 Å². The largest absolute Gasteiger partial charge is 0.481 e. The van der Waals surface area contributed by atoms with Gasteiger partial charge in [0.1, 0.15) is 0 Å². The van der Waals surface area contributed by atoms with E-state index in [0.29, 0.717) is 19.5 Å². The lowest BCUT2D eigenvalue weighted by atomic mass is 10.2. The maximum Gasteiger partial charge on any atom is 0.303 e. The minimum Gasteiger partial charge on any atom is -0.481 e. The zero-order valence-electron chi connectivity index (χ0n) is 7.58. The Morgan fingerprint density at radius 2 is 1.92 bits per heavy atom. The minimum absolute atomic E-state index is 0.0459. The van der Waals surface area contributed by atoms with Crippen LogP contribution in [0.1, 0.15) is 25.7 Å². The number of carbonyl (C=O) groups excluding carboxylic acids is 1. The Balaban J connectivity index is 3.25. The summed E-state index contributed by atoms with van der Waals surface area (Å²) in [5, 5.41) is 10.9. The highest BCUT2D eigenvalue weighted by Crippen LogP contribution is 1.94. The molecule has 5 heteroatoms. The van der Waals surface area contributed by atoms with E-state index >= 15 is 0 Å². The molecule has 13 heavy (non-hydrogen) atoms. The molecule has 0 aliphatic heterocycles. The Labute approximate surface area is 77.3 Å². The molecule has 0 aromatic heterocycles. The van der Waals surface area contributed by atoms with E-state index in [1.165, 1.54) is 0 Å². The van der Waals surface area contributed by atoms with Crippen molar-refractivity contribution in [3.63, 3.8) is 0 Å². The minimum atomic E-state index is -0.866. The van der Waals surface area contributed by atoms with Gasteiger partial charge in [-0.3, -0.25) is 9.59 Å². The number of nitrogens with one attached hydrogen (secondary N) is 1. The van der Waals surface area contributed by atoms with Gasteiger partial charge >= 0.3 is 5.97 Å². The molecule has 0 aromatic rings. The molecule has 5 nitrogen and oxygen atoms in total. The number of aliphatic carboxylic acids is 1. The normalized spacial score (nSPS) is 9.62. The smallest absolute Gasteiger partial charge is 0.303 e. The lowest BCUT2D eigenvalue weighted by Gasteiger charge is -2.02. The Kier molecular flexibility index (Phi) is 6.91. The predicted octanol–water partition coefficient (Wildman–Crippen LogP) is -0.294. The van der Waals surface area contributed by atoms with E-state index in [1.54, 1.807) is 0 Å². The van der Waals surface area contributed by atoms with Crippen LogP contribution in [0, 0.1) is 0 Å². The topological polar surface area (TPSA) is 92.4 Å². The molecule has 0 fully saturated rings. The third kappa shape index (κ3) is 8.81. The van der Waals surface area contributed by atoms with E-state index in [4.69, 9.17) is 10.8 Å². The van der Waals surface area contributed by atoms with Crippen LogP contribution in [0.5, 0.6) is 0 Å². The quantitative estimate of drug-likeness (QED) is 0.478. The number of rotatable bonds is 7.